The molecule has 0 aliphatic rings. The Balaban J connectivity index is 4.09. The highest BCUT2D eigenvalue weighted by Gasteiger charge is 2.14. The lowest BCUT2D eigenvalue weighted by atomic mass is 10.0. The van der Waals surface area contributed by atoms with Gasteiger partial charge in [0.25, 0.3) is 0 Å². The van der Waals surface area contributed by atoms with Crippen molar-refractivity contribution in [1.29, 1.82) is 0 Å². The van der Waals surface area contributed by atoms with Gasteiger partial charge in [0.2, 0.25) is 0 Å². The van der Waals surface area contributed by atoms with Crippen LogP contribution in [-0.2, 0) is 14.3 Å². The molecule has 0 aromatic heterocycles. The number of allylic oxidation sites excluding steroid dienone is 6. The van der Waals surface area contributed by atoms with E-state index in [0.717, 1.165) is 77.0 Å². The van der Waals surface area contributed by atoms with Crippen LogP contribution in [0.3, 0.4) is 0 Å². The topological polar surface area (TPSA) is 63.6 Å². The molecule has 0 radical (unpaired) electrons. The Kier molecular flexibility index (Phi) is 35.1. The SMILES string of the molecule is CCCCC/C=C\C/C=C\CCCC(CCCCCCCC(=O)O)OC(=O)CCCCCCC/C=C\CCCCCCCCC. The molecule has 1 unspecified atom stereocenters. The third kappa shape index (κ3) is 36.5. The van der Waals surface area contributed by atoms with E-state index < -0.39 is 5.97 Å². The Morgan fingerprint density at radius 2 is 0.889 bits per heavy atom. The third-order valence-corrected chi connectivity index (χ3v) is 8.58. The molecule has 1 atom stereocenters. The van der Waals surface area contributed by atoms with Crippen molar-refractivity contribution in [2.24, 2.45) is 0 Å². The maximum absolute atomic E-state index is 12.6. The molecule has 45 heavy (non-hydrogen) atoms. The van der Waals surface area contributed by atoms with Crippen LogP contribution in [0.5, 0.6) is 0 Å². The highest BCUT2D eigenvalue weighted by atomic mass is 16.5. The minimum Gasteiger partial charge on any atom is -0.481 e. The standard InChI is InChI=1S/C41H74O4/c1-3-5-7-9-11-13-15-16-17-18-19-21-23-25-30-34-38-41(44)45-39(36-32-28-26-29-33-37-40(42)43)35-31-27-24-22-20-14-12-10-8-6-4-2/h12,14,17-18,22,24,39H,3-11,13,15-16,19-21,23,25-38H2,1-2H3,(H,42,43)/b14-12-,18-17-,24-22-. The first-order chi connectivity index (χ1) is 22.1. The van der Waals surface area contributed by atoms with Crippen molar-refractivity contribution in [2.75, 3.05) is 0 Å². The Labute approximate surface area is 279 Å². The van der Waals surface area contributed by atoms with Crippen molar-refractivity contribution >= 4 is 11.9 Å². The molecule has 1 N–H and O–H groups in total. The summed E-state index contributed by atoms with van der Waals surface area (Å²) in [4.78, 5) is 23.3. The van der Waals surface area contributed by atoms with Gasteiger partial charge in [0.15, 0.2) is 0 Å². The van der Waals surface area contributed by atoms with Gasteiger partial charge in [0, 0.05) is 12.8 Å². The van der Waals surface area contributed by atoms with Crippen molar-refractivity contribution in [3.63, 3.8) is 0 Å². The summed E-state index contributed by atoms with van der Waals surface area (Å²) in [6, 6.07) is 0. The fraction of sp³-hybridized carbons (Fsp3) is 0.805. The van der Waals surface area contributed by atoms with Crippen LogP contribution >= 0.6 is 0 Å². The second kappa shape index (κ2) is 36.6. The van der Waals surface area contributed by atoms with Crippen LogP contribution in [-0.4, -0.2) is 23.1 Å². The highest BCUT2D eigenvalue weighted by molar-refractivity contribution is 5.69. The summed E-state index contributed by atoms with van der Waals surface area (Å²) < 4.78 is 5.96. The molecule has 0 fully saturated rings. The lowest BCUT2D eigenvalue weighted by Gasteiger charge is -2.18. The first-order valence-electron chi connectivity index (χ1n) is 19.5. The number of aliphatic carboxylic acids is 1. The van der Waals surface area contributed by atoms with Crippen molar-refractivity contribution < 1.29 is 19.4 Å². The quantitative estimate of drug-likeness (QED) is 0.0430. The molecule has 0 aliphatic heterocycles. The van der Waals surface area contributed by atoms with Gasteiger partial charge in [-0.1, -0.05) is 140 Å². The summed E-state index contributed by atoms with van der Waals surface area (Å²) in [5.41, 5.74) is 0. The molecule has 0 spiro atoms. The van der Waals surface area contributed by atoms with Crippen LogP contribution in [0.4, 0.5) is 0 Å². The number of carbonyl (C=O) groups excluding carboxylic acids is 1. The van der Waals surface area contributed by atoms with Gasteiger partial charge < -0.3 is 9.84 Å². The zero-order chi connectivity index (χ0) is 32.9. The van der Waals surface area contributed by atoms with Gasteiger partial charge in [0.1, 0.15) is 6.10 Å². The van der Waals surface area contributed by atoms with Crippen molar-refractivity contribution in [1.82, 2.24) is 0 Å². The van der Waals surface area contributed by atoms with Crippen LogP contribution in [0.15, 0.2) is 36.5 Å². The van der Waals surface area contributed by atoms with E-state index in [1.165, 1.54) is 103 Å². The van der Waals surface area contributed by atoms with E-state index in [9.17, 15) is 9.59 Å². The molecule has 0 aliphatic carbocycles. The molecule has 4 nitrogen and oxygen atoms in total. The zero-order valence-electron chi connectivity index (χ0n) is 29.9. The minimum absolute atomic E-state index is 0.0104. The van der Waals surface area contributed by atoms with E-state index in [-0.39, 0.29) is 18.5 Å². The first kappa shape index (κ1) is 43.2. The number of unbranched alkanes of at least 4 members (excludes halogenated alkanes) is 20. The van der Waals surface area contributed by atoms with E-state index >= 15 is 0 Å². The molecule has 4 heteroatoms. The third-order valence-electron chi connectivity index (χ3n) is 8.58. The van der Waals surface area contributed by atoms with Gasteiger partial charge >= 0.3 is 11.9 Å². The van der Waals surface area contributed by atoms with Crippen molar-refractivity contribution in [3.05, 3.63) is 36.5 Å². The second-order valence-electron chi connectivity index (χ2n) is 13.1. The van der Waals surface area contributed by atoms with E-state index in [2.05, 4.69) is 50.3 Å². The first-order valence-corrected chi connectivity index (χ1v) is 19.5. The number of rotatable bonds is 35. The fourth-order valence-electron chi connectivity index (χ4n) is 5.68. The summed E-state index contributed by atoms with van der Waals surface area (Å²) in [5.74, 6) is -0.737. The molecule has 262 valence electrons. The summed E-state index contributed by atoms with van der Waals surface area (Å²) in [6.45, 7) is 4.51. The van der Waals surface area contributed by atoms with Gasteiger partial charge in [-0.05, 0) is 89.9 Å². The Morgan fingerprint density at radius 1 is 0.489 bits per heavy atom. The highest BCUT2D eigenvalue weighted by Crippen LogP contribution is 2.17. The zero-order valence-corrected chi connectivity index (χ0v) is 29.9. The van der Waals surface area contributed by atoms with Gasteiger partial charge in [-0.15, -0.1) is 0 Å². The summed E-state index contributed by atoms with van der Waals surface area (Å²) in [7, 11) is 0. The second-order valence-corrected chi connectivity index (χ2v) is 13.1. The predicted octanol–water partition coefficient (Wildman–Crippen LogP) is 13.4. The van der Waals surface area contributed by atoms with E-state index in [1.807, 2.05) is 0 Å². The summed E-state index contributed by atoms with van der Waals surface area (Å²) >= 11 is 0. The number of esters is 1. The van der Waals surface area contributed by atoms with E-state index in [0.29, 0.717) is 6.42 Å². The molecule has 0 amide bonds. The maximum Gasteiger partial charge on any atom is 0.306 e. The normalized spacial score (nSPS) is 12.6. The van der Waals surface area contributed by atoms with E-state index in [1.54, 1.807) is 0 Å². The summed E-state index contributed by atoms with van der Waals surface area (Å²) in [6.07, 6.45) is 47.3. The predicted molar refractivity (Wildman–Crippen MR) is 195 cm³/mol. The number of hydrogen-bond acceptors (Lipinski definition) is 3. The molecule has 0 bridgehead atoms. The smallest absolute Gasteiger partial charge is 0.306 e. The van der Waals surface area contributed by atoms with Crippen LogP contribution < -0.4 is 0 Å². The molecule has 0 aromatic rings. The number of ether oxygens (including phenoxy) is 1. The van der Waals surface area contributed by atoms with Gasteiger partial charge in [-0.25, -0.2) is 0 Å². The van der Waals surface area contributed by atoms with Crippen LogP contribution in [0.1, 0.15) is 206 Å². The number of hydrogen-bond donors (Lipinski definition) is 1. The lowest BCUT2D eigenvalue weighted by molar-refractivity contribution is -0.150. The Bertz CT molecular complexity index is 723. The molecule has 0 saturated heterocycles. The van der Waals surface area contributed by atoms with Crippen molar-refractivity contribution in [3.8, 4) is 0 Å². The number of carboxylic acid groups (broad SMARTS) is 1. The van der Waals surface area contributed by atoms with Crippen LogP contribution in [0, 0.1) is 0 Å². The van der Waals surface area contributed by atoms with Gasteiger partial charge in [-0.2, -0.15) is 0 Å². The molecule has 0 heterocycles. The average Bonchev–Trinajstić information content (AvgIpc) is 3.02. The van der Waals surface area contributed by atoms with E-state index in [4.69, 9.17) is 9.84 Å². The average molecular weight is 631 g/mol. The van der Waals surface area contributed by atoms with Gasteiger partial charge in [0.05, 0.1) is 0 Å². The molecule has 0 saturated carbocycles. The van der Waals surface area contributed by atoms with Crippen LogP contribution in [0.2, 0.25) is 0 Å². The maximum atomic E-state index is 12.6. The molecular formula is C41H74O4. The Hall–Kier alpha value is -1.84. The number of carbonyl (C=O) groups is 2. The van der Waals surface area contributed by atoms with Gasteiger partial charge in [-0.3, -0.25) is 9.59 Å². The molecule has 0 rings (SSSR count). The monoisotopic (exact) mass is 631 g/mol. The Morgan fingerprint density at radius 3 is 1.47 bits per heavy atom. The number of carboxylic acids is 1. The largest absolute Gasteiger partial charge is 0.481 e. The summed E-state index contributed by atoms with van der Waals surface area (Å²) in [5, 5.41) is 8.80. The molecule has 0 aromatic carbocycles. The lowest BCUT2D eigenvalue weighted by Crippen LogP contribution is -2.18. The molecular weight excluding hydrogens is 556 g/mol. The fourth-order valence-corrected chi connectivity index (χ4v) is 5.68. The van der Waals surface area contributed by atoms with Crippen LogP contribution in [0.25, 0.3) is 0 Å². The minimum atomic E-state index is -0.708. The van der Waals surface area contributed by atoms with Crippen molar-refractivity contribution in [2.45, 2.75) is 213 Å².